The minimum Gasteiger partial charge on any atom is -0.212 e. The Kier molecular flexibility index (Phi) is 4.07. The molecular formula is C14H21NO2S. The van der Waals surface area contributed by atoms with Gasteiger partial charge in [0.05, 0.1) is 5.75 Å². The van der Waals surface area contributed by atoms with Gasteiger partial charge in [-0.2, -0.15) is 4.31 Å². The lowest BCUT2D eigenvalue weighted by atomic mass is 10.0. The van der Waals surface area contributed by atoms with Gasteiger partial charge in [0.15, 0.2) is 0 Å². The molecule has 1 saturated heterocycles. The molecule has 100 valence electrons. The molecule has 0 amide bonds. The molecule has 1 heterocycles. The molecule has 0 unspecified atom stereocenters. The van der Waals surface area contributed by atoms with Crippen LogP contribution in [0.2, 0.25) is 0 Å². The quantitative estimate of drug-likeness (QED) is 0.841. The third kappa shape index (κ3) is 2.75. The second-order valence-corrected chi connectivity index (χ2v) is 7.04. The van der Waals surface area contributed by atoms with Crippen molar-refractivity contribution in [2.24, 2.45) is 0 Å². The van der Waals surface area contributed by atoms with Crippen LogP contribution >= 0.6 is 0 Å². The summed E-state index contributed by atoms with van der Waals surface area (Å²) in [5.74, 6) is 0.259. The number of nitrogens with zero attached hydrogens (tertiary/aromatic N) is 1. The maximum Gasteiger partial charge on any atom is 0.214 e. The molecule has 3 nitrogen and oxygen atoms in total. The van der Waals surface area contributed by atoms with Crippen LogP contribution < -0.4 is 0 Å². The van der Waals surface area contributed by atoms with Crippen molar-refractivity contribution in [3.8, 4) is 0 Å². The van der Waals surface area contributed by atoms with E-state index in [0.717, 1.165) is 18.4 Å². The van der Waals surface area contributed by atoms with E-state index in [2.05, 4.69) is 6.07 Å². The first-order valence-electron chi connectivity index (χ1n) is 6.60. The lowest BCUT2D eigenvalue weighted by Crippen LogP contribution is -2.32. The smallest absolute Gasteiger partial charge is 0.212 e. The minimum atomic E-state index is -3.09. The number of hydrogen-bond acceptors (Lipinski definition) is 2. The predicted molar refractivity (Wildman–Crippen MR) is 73.9 cm³/mol. The molecule has 4 heteroatoms. The molecule has 1 aliphatic heterocycles. The van der Waals surface area contributed by atoms with Gasteiger partial charge in [-0.25, -0.2) is 8.42 Å². The average molecular weight is 267 g/mol. The van der Waals surface area contributed by atoms with Crippen molar-refractivity contribution in [1.82, 2.24) is 4.31 Å². The first-order chi connectivity index (χ1) is 8.54. The van der Waals surface area contributed by atoms with Crippen LogP contribution in [-0.4, -0.2) is 25.0 Å². The Balaban J connectivity index is 2.28. The molecule has 1 aromatic carbocycles. The highest BCUT2D eigenvalue weighted by Gasteiger charge is 2.34. The van der Waals surface area contributed by atoms with E-state index in [1.807, 2.05) is 32.0 Å². The molecule has 1 atom stereocenters. The molecule has 0 aromatic heterocycles. The summed E-state index contributed by atoms with van der Waals surface area (Å²) in [4.78, 5) is 0. The minimum absolute atomic E-state index is 0.0430. The summed E-state index contributed by atoms with van der Waals surface area (Å²) < 4.78 is 26.2. The first kappa shape index (κ1) is 13.6. The molecule has 0 bridgehead atoms. The van der Waals surface area contributed by atoms with Gasteiger partial charge in [0.25, 0.3) is 0 Å². The number of rotatable bonds is 4. The number of sulfonamides is 1. The summed E-state index contributed by atoms with van der Waals surface area (Å²) in [6, 6.07) is 8.24. The molecule has 1 aromatic rings. The van der Waals surface area contributed by atoms with Crippen molar-refractivity contribution in [1.29, 1.82) is 0 Å². The van der Waals surface area contributed by atoms with Gasteiger partial charge in [-0.3, -0.25) is 0 Å². The fourth-order valence-corrected chi connectivity index (χ4v) is 4.43. The lowest BCUT2D eigenvalue weighted by molar-refractivity contribution is 0.396. The van der Waals surface area contributed by atoms with Crippen LogP contribution in [0.25, 0.3) is 0 Å². The first-order valence-corrected chi connectivity index (χ1v) is 8.21. The number of aryl methyl sites for hydroxylation is 1. The number of hydrogen-bond donors (Lipinski definition) is 0. The van der Waals surface area contributed by atoms with Crippen LogP contribution in [0.5, 0.6) is 0 Å². The zero-order valence-corrected chi connectivity index (χ0v) is 11.9. The molecule has 18 heavy (non-hydrogen) atoms. The molecule has 0 aliphatic carbocycles. The number of benzene rings is 1. The fourth-order valence-electron chi connectivity index (χ4n) is 2.66. The van der Waals surface area contributed by atoms with Crippen molar-refractivity contribution in [2.45, 2.75) is 39.2 Å². The summed E-state index contributed by atoms with van der Waals surface area (Å²) in [6.07, 6.45) is 2.58. The Morgan fingerprint density at radius 1 is 1.39 bits per heavy atom. The van der Waals surface area contributed by atoms with Gasteiger partial charge in [-0.1, -0.05) is 36.8 Å². The van der Waals surface area contributed by atoms with Crippen LogP contribution in [0, 0.1) is 6.92 Å². The topological polar surface area (TPSA) is 37.4 Å². The van der Waals surface area contributed by atoms with Gasteiger partial charge in [-0.05, 0) is 31.7 Å². The second kappa shape index (κ2) is 5.41. The third-order valence-electron chi connectivity index (χ3n) is 3.45. The van der Waals surface area contributed by atoms with E-state index in [1.54, 1.807) is 4.31 Å². The molecule has 0 N–H and O–H groups in total. The summed E-state index contributed by atoms with van der Waals surface area (Å²) in [7, 11) is -3.09. The highest BCUT2D eigenvalue weighted by atomic mass is 32.2. The SMILES string of the molecule is CCCS(=O)(=O)N1CCC[C@H]1c1cccc(C)c1. The van der Waals surface area contributed by atoms with E-state index in [0.29, 0.717) is 13.0 Å². The van der Waals surface area contributed by atoms with E-state index < -0.39 is 10.0 Å². The van der Waals surface area contributed by atoms with Crippen molar-refractivity contribution < 1.29 is 8.42 Å². The third-order valence-corrected chi connectivity index (χ3v) is 5.53. The van der Waals surface area contributed by atoms with Crippen LogP contribution in [0.3, 0.4) is 0 Å². The van der Waals surface area contributed by atoms with Crippen molar-refractivity contribution in [3.63, 3.8) is 0 Å². The van der Waals surface area contributed by atoms with E-state index in [4.69, 9.17) is 0 Å². The Hall–Kier alpha value is -0.870. The van der Waals surface area contributed by atoms with Crippen LogP contribution in [0.1, 0.15) is 43.4 Å². The maximum atomic E-state index is 12.2. The van der Waals surface area contributed by atoms with Gasteiger partial charge in [-0.15, -0.1) is 0 Å². The van der Waals surface area contributed by atoms with E-state index in [1.165, 1.54) is 5.56 Å². The molecule has 0 radical (unpaired) electrons. The standard InChI is InChI=1S/C14H21NO2S/c1-3-10-18(16,17)15-9-5-8-14(15)13-7-4-6-12(2)11-13/h4,6-7,11,14H,3,5,8-10H2,1-2H3/t14-/m0/s1. The molecule has 2 rings (SSSR count). The zero-order chi connectivity index (χ0) is 13.2. The zero-order valence-electron chi connectivity index (χ0n) is 11.1. The Bertz CT molecular complexity index is 510. The maximum absolute atomic E-state index is 12.2. The highest BCUT2D eigenvalue weighted by molar-refractivity contribution is 7.89. The molecule has 0 spiro atoms. The molecular weight excluding hydrogens is 246 g/mol. The average Bonchev–Trinajstić information content (AvgIpc) is 2.78. The summed E-state index contributed by atoms with van der Waals surface area (Å²) in [5, 5.41) is 0. The van der Waals surface area contributed by atoms with Crippen LogP contribution in [0.15, 0.2) is 24.3 Å². The van der Waals surface area contributed by atoms with Gasteiger partial charge < -0.3 is 0 Å². The molecule has 0 saturated carbocycles. The van der Waals surface area contributed by atoms with Crippen molar-refractivity contribution in [3.05, 3.63) is 35.4 Å². The van der Waals surface area contributed by atoms with Gasteiger partial charge >= 0.3 is 0 Å². The van der Waals surface area contributed by atoms with Crippen LogP contribution in [0.4, 0.5) is 0 Å². The summed E-state index contributed by atoms with van der Waals surface area (Å²) in [6.45, 7) is 4.62. The van der Waals surface area contributed by atoms with Gasteiger partial charge in [0.1, 0.15) is 0 Å². The summed E-state index contributed by atoms with van der Waals surface area (Å²) in [5.41, 5.74) is 2.32. The Morgan fingerprint density at radius 2 is 2.17 bits per heavy atom. The van der Waals surface area contributed by atoms with E-state index >= 15 is 0 Å². The summed E-state index contributed by atoms with van der Waals surface area (Å²) >= 11 is 0. The largest absolute Gasteiger partial charge is 0.214 e. The fraction of sp³-hybridized carbons (Fsp3) is 0.571. The van der Waals surface area contributed by atoms with E-state index in [-0.39, 0.29) is 11.8 Å². The molecule has 1 aliphatic rings. The highest BCUT2D eigenvalue weighted by Crippen LogP contribution is 2.34. The van der Waals surface area contributed by atoms with Crippen molar-refractivity contribution in [2.75, 3.05) is 12.3 Å². The molecule has 1 fully saturated rings. The predicted octanol–water partition coefficient (Wildman–Crippen LogP) is 2.87. The Labute approximate surface area is 110 Å². The normalized spacial score (nSPS) is 21.3. The van der Waals surface area contributed by atoms with Gasteiger partial charge in [0.2, 0.25) is 10.0 Å². The lowest BCUT2D eigenvalue weighted by Gasteiger charge is -2.24. The Morgan fingerprint density at radius 3 is 2.83 bits per heavy atom. The van der Waals surface area contributed by atoms with E-state index in [9.17, 15) is 8.42 Å². The monoisotopic (exact) mass is 267 g/mol. The van der Waals surface area contributed by atoms with Crippen molar-refractivity contribution >= 4 is 10.0 Å². The van der Waals surface area contributed by atoms with Gasteiger partial charge in [0, 0.05) is 12.6 Å². The second-order valence-electron chi connectivity index (χ2n) is 5.00. The van der Waals surface area contributed by atoms with Crippen LogP contribution in [-0.2, 0) is 10.0 Å².